The first-order valence-corrected chi connectivity index (χ1v) is 6.53. The van der Waals surface area contributed by atoms with E-state index in [-0.39, 0.29) is 5.78 Å². The fourth-order valence-electron chi connectivity index (χ4n) is 1.82. The van der Waals surface area contributed by atoms with Crippen molar-refractivity contribution in [3.63, 3.8) is 0 Å². The van der Waals surface area contributed by atoms with Crippen molar-refractivity contribution in [3.05, 3.63) is 53.2 Å². The van der Waals surface area contributed by atoms with Gasteiger partial charge in [-0.25, -0.2) is 0 Å². The molecule has 0 radical (unpaired) electrons. The number of hydrogen-bond acceptors (Lipinski definition) is 2. The second kappa shape index (κ2) is 5.14. The molecular formula is C16H16ClNO. The highest BCUT2D eigenvalue weighted by atomic mass is 35.5. The standard InChI is InChI=1S/C16H16ClNO/c1-16(2,3)15(19)11-7-8-13(17)12(10-11)14-6-4-5-9-18-14/h4-10H,1-3H3. The number of carbonyl (C=O) groups excluding carboxylic acids is 1. The quantitative estimate of drug-likeness (QED) is 0.747. The Morgan fingerprint density at radius 3 is 2.47 bits per heavy atom. The summed E-state index contributed by atoms with van der Waals surface area (Å²) in [4.78, 5) is 16.6. The Hall–Kier alpha value is -1.67. The van der Waals surface area contributed by atoms with Gasteiger partial charge in [-0.05, 0) is 30.3 Å². The highest BCUT2D eigenvalue weighted by Crippen LogP contribution is 2.30. The van der Waals surface area contributed by atoms with Gasteiger partial charge < -0.3 is 0 Å². The largest absolute Gasteiger partial charge is 0.294 e. The third-order valence-electron chi connectivity index (χ3n) is 2.85. The summed E-state index contributed by atoms with van der Waals surface area (Å²) in [5.74, 6) is 0.0985. The van der Waals surface area contributed by atoms with Gasteiger partial charge in [0.05, 0.1) is 10.7 Å². The minimum Gasteiger partial charge on any atom is -0.294 e. The predicted molar refractivity (Wildman–Crippen MR) is 78.5 cm³/mol. The summed E-state index contributed by atoms with van der Waals surface area (Å²) in [6, 6.07) is 11.0. The zero-order valence-electron chi connectivity index (χ0n) is 11.3. The molecule has 0 bridgehead atoms. The average Bonchev–Trinajstić information content (AvgIpc) is 2.38. The summed E-state index contributed by atoms with van der Waals surface area (Å²) < 4.78 is 0. The van der Waals surface area contributed by atoms with Gasteiger partial charge in [0.1, 0.15) is 0 Å². The van der Waals surface area contributed by atoms with Gasteiger partial charge >= 0.3 is 0 Å². The summed E-state index contributed by atoms with van der Waals surface area (Å²) in [5.41, 5.74) is 1.82. The van der Waals surface area contributed by atoms with Crippen molar-refractivity contribution in [2.75, 3.05) is 0 Å². The topological polar surface area (TPSA) is 30.0 Å². The number of rotatable bonds is 2. The second-order valence-electron chi connectivity index (χ2n) is 5.49. The first-order chi connectivity index (χ1) is 8.89. The number of benzene rings is 1. The fourth-order valence-corrected chi connectivity index (χ4v) is 2.03. The molecule has 1 heterocycles. The van der Waals surface area contributed by atoms with Crippen molar-refractivity contribution in [1.82, 2.24) is 4.98 Å². The normalized spacial score (nSPS) is 11.4. The van der Waals surface area contributed by atoms with Crippen LogP contribution in [0.25, 0.3) is 11.3 Å². The third kappa shape index (κ3) is 3.02. The molecule has 98 valence electrons. The van der Waals surface area contributed by atoms with Crippen molar-refractivity contribution in [2.45, 2.75) is 20.8 Å². The van der Waals surface area contributed by atoms with E-state index in [1.165, 1.54) is 0 Å². The minimum absolute atomic E-state index is 0.0985. The minimum atomic E-state index is -0.408. The van der Waals surface area contributed by atoms with Crippen molar-refractivity contribution >= 4 is 17.4 Å². The molecule has 2 rings (SSSR count). The lowest BCUT2D eigenvalue weighted by molar-refractivity contribution is 0.0858. The van der Waals surface area contributed by atoms with Gasteiger partial charge in [-0.2, -0.15) is 0 Å². The van der Waals surface area contributed by atoms with Crippen LogP contribution in [0.5, 0.6) is 0 Å². The van der Waals surface area contributed by atoms with Gasteiger partial charge in [-0.1, -0.05) is 38.4 Å². The van der Waals surface area contributed by atoms with Gasteiger partial charge in [0.15, 0.2) is 5.78 Å². The summed E-state index contributed by atoms with van der Waals surface area (Å²) in [6.45, 7) is 5.72. The monoisotopic (exact) mass is 273 g/mol. The lowest BCUT2D eigenvalue weighted by atomic mass is 9.86. The molecule has 0 N–H and O–H groups in total. The maximum absolute atomic E-state index is 12.3. The first-order valence-electron chi connectivity index (χ1n) is 6.15. The molecule has 0 fully saturated rings. The number of halogens is 1. The van der Waals surface area contributed by atoms with Crippen LogP contribution >= 0.6 is 11.6 Å². The lowest BCUT2D eigenvalue weighted by Crippen LogP contribution is -2.20. The van der Waals surface area contributed by atoms with E-state index >= 15 is 0 Å². The molecule has 2 aromatic rings. The van der Waals surface area contributed by atoms with E-state index in [4.69, 9.17) is 11.6 Å². The molecule has 19 heavy (non-hydrogen) atoms. The average molecular weight is 274 g/mol. The zero-order valence-corrected chi connectivity index (χ0v) is 12.0. The Morgan fingerprint density at radius 1 is 1.16 bits per heavy atom. The number of pyridine rings is 1. The summed E-state index contributed by atoms with van der Waals surface area (Å²) >= 11 is 6.20. The maximum atomic E-state index is 12.3. The van der Waals surface area contributed by atoms with Crippen LogP contribution in [0.1, 0.15) is 31.1 Å². The van der Waals surface area contributed by atoms with Gasteiger partial charge in [0.2, 0.25) is 0 Å². The molecule has 0 unspecified atom stereocenters. The van der Waals surface area contributed by atoms with E-state index < -0.39 is 5.41 Å². The summed E-state index contributed by atoms with van der Waals surface area (Å²) in [5, 5.41) is 0.601. The summed E-state index contributed by atoms with van der Waals surface area (Å²) in [7, 11) is 0. The van der Waals surface area contributed by atoms with Crippen LogP contribution in [0.4, 0.5) is 0 Å². The van der Waals surface area contributed by atoms with Crippen molar-refractivity contribution < 1.29 is 4.79 Å². The highest BCUT2D eigenvalue weighted by molar-refractivity contribution is 6.33. The number of aromatic nitrogens is 1. The van der Waals surface area contributed by atoms with E-state index in [0.717, 1.165) is 11.3 Å². The molecule has 0 amide bonds. The van der Waals surface area contributed by atoms with E-state index in [2.05, 4.69) is 4.98 Å². The van der Waals surface area contributed by atoms with Gasteiger partial charge in [-0.3, -0.25) is 9.78 Å². The van der Waals surface area contributed by atoms with Gasteiger partial charge in [0, 0.05) is 22.7 Å². The molecule has 1 aromatic heterocycles. The highest BCUT2D eigenvalue weighted by Gasteiger charge is 2.23. The van der Waals surface area contributed by atoms with E-state index in [0.29, 0.717) is 10.6 Å². The van der Waals surface area contributed by atoms with Crippen LogP contribution in [-0.4, -0.2) is 10.8 Å². The summed E-state index contributed by atoms with van der Waals surface area (Å²) in [6.07, 6.45) is 1.71. The predicted octanol–water partition coefficient (Wildman–Crippen LogP) is 4.63. The Balaban J connectivity index is 2.50. The van der Waals surface area contributed by atoms with Crippen molar-refractivity contribution in [1.29, 1.82) is 0 Å². The molecule has 3 heteroatoms. The second-order valence-corrected chi connectivity index (χ2v) is 5.90. The number of nitrogens with zero attached hydrogens (tertiary/aromatic N) is 1. The maximum Gasteiger partial charge on any atom is 0.168 e. The fraction of sp³-hybridized carbons (Fsp3) is 0.250. The van der Waals surface area contributed by atoms with E-state index in [1.807, 2.05) is 45.0 Å². The molecule has 0 aliphatic carbocycles. The molecule has 0 saturated carbocycles. The van der Waals surface area contributed by atoms with Gasteiger partial charge in [0.25, 0.3) is 0 Å². The number of ketones is 1. The molecule has 0 aliphatic rings. The Labute approximate surface area is 118 Å². The van der Waals surface area contributed by atoms with Crippen LogP contribution in [-0.2, 0) is 0 Å². The number of Topliss-reactive ketones (excluding diaryl/α,β-unsaturated/α-hetero) is 1. The molecular weight excluding hydrogens is 258 g/mol. The molecule has 2 nitrogen and oxygen atoms in total. The zero-order chi connectivity index (χ0) is 14.0. The van der Waals surface area contributed by atoms with Crippen LogP contribution in [0.2, 0.25) is 5.02 Å². The van der Waals surface area contributed by atoms with Crippen LogP contribution in [0, 0.1) is 5.41 Å². The van der Waals surface area contributed by atoms with Gasteiger partial charge in [-0.15, -0.1) is 0 Å². The molecule has 0 aliphatic heterocycles. The number of carbonyl (C=O) groups is 1. The Morgan fingerprint density at radius 2 is 1.89 bits per heavy atom. The van der Waals surface area contributed by atoms with Crippen molar-refractivity contribution in [3.8, 4) is 11.3 Å². The van der Waals surface area contributed by atoms with Crippen LogP contribution < -0.4 is 0 Å². The molecule has 0 saturated heterocycles. The Kier molecular flexibility index (Phi) is 3.72. The smallest absolute Gasteiger partial charge is 0.168 e. The molecule has 0 spiro atoms. The molecule has 0 atom stereocenters. The Bertz CT molecular complexity index is 600. The third-order valence-corrected chi connectivity index (χ3v) is 3.18. The van der Waals surface area contributed by atoms with Crippen LogP contribution in [0.15, 0.2) is 42.6 Å². The molecule has 1 aromatic carbocycles. The van der Waals surface area contributed by atoms with Crippen molar-refractivity contribution in [2.24, 2.45) is 5.41 Å². The SMILES string of the molecule is CC(C)(C)C(=O)c1ccc(Cl)c(-c2ccccn2)c1. The van der Waals surface area contributed by atoms with Crippen LogP contribution in [0.3, 0.4) is 0 Å². The lowest BCUT2D eigenvalue weighted by Gasteiger charge is -2.17. The number of hydrogen-bond donors (Lipinski definition) is 0. The first kappa shape index (κ1) is 13.8. The van der Waals surface area contributed by atoms with E-state index in [1.54, 1.807) is 18.3 Å². The van der Waals surface area contributed by atoms with E-state index in [9.17, 15) is 4.79 Å².